The van der Waals surface area contributed by atoms with E-state index >= 15 is 0 Å². The molecular weight excluding hydrogens is 446 g/mol. The van der Waals surface area contributed by atoms with E-state index in [1.54, 1.807) is 73.7 Å². The van der Waals surface area contributed by atoms with Gasteiger partial charge in [-0.2, -0.15) is 0 Å². The van der Waals surface area contributed by atoms with Gasteiger partial charge in [-0.3, -0.25) is 9.59 Å². The zero-order valence-electron chi connectivity index (χ0n) is 18.0. The first-order valence-corrected chi connectivity index (χ1v) is 10.6. The lowest BCUT2D eigenvalue weighted by Crippen LogP contribution is -2.38. The van der Waals surface area contributed by atoms with Crippen LogP contribution in [0.3, 0.4) is 0 Å². The van der Waals surface area contributed by atoms with E-state index < -0.39 is 19.1 Å². The predicted molar refractivity (Wildman–Crippen MR) is 127 cm³/mol. The van der Waals surface area contributed by atoms with E-state index in [0.29, 0.717) is 21.7 Å². The molecule has 0 aliphatic heterocycles. The van der Waals surface area contributed by atoms with Gasteiger partial charge in [0.1, 0.15) is 5.82 Å². The number of nitrogens with one attached hydrogen (secondary N) is 2. The maximum absolute atomic E-state index is 12.4. The summed E-state index contributed by atoms with van der Waals surface area (Å²) in [6.45, 7) is 1.75. The Balaban J connectivity index is 0.000000405. The maximum Gasteiger partial charge on any atom is 0.472 e. The second-order valence-corrected chi connectivity index (χ2v) is 7.62. The van der Waals surface area contributed by atoms with Gasteiger partial charge in [0.2, 0.25) is 5.91 Å². The van der Waals surface area contributed by atoms with Crippen LogP contribution in [-0.2, 0) is 4.79 Å². The summed E-state index contributed by atoms with van der Waals surface area (Å²) in [6, 6.07) is 21.6. The molecule has 0 saturated carbocycles. The van der Waals surface area contributed by atoms with Crippen molar-refractivity contribution in [1.82, 2.24) is 10.6 Å². The fourth-order valence-corrected chi connectivity index (χ4v) is 3.02. The van der Waals surface area contributed by atoms with Gasteiger partial charge in [-0.1, -0.05) is 60.1 Å². The molecule has 0 radical (unpaired) electrons. The van der Waals surface area contributed by atoms with Crippen molar-refractivity contribution < 1.29 is 24.0 Å². The number of rotatable bonds is 7. The van der Waals surface area contributed by atoms with Gasteiger partial charge in [0, 0.05) is 10.6 Å². The molecular formula is C24H25BClFN2O4. The van der Waals surface area contributed by atoms with Crippen molar-refractivity contribution in [2.45, 2.75) is 19.4 Å². The number of halogens is 2. The van der Waals surface area contributed by atoms with E-state index in [1.807, 2.05) is 6.07 Å². The van der Waals surface area contributed by atoms with Crippen LogP contribution in [0, 0.1) is 12.7 Å². The van der Waals surface area contributed by atoms with Crippen molar-refractivity contribution in [3.05, 3.63) is 106 Å². The summed E-state index contributed by atoms with van der Waals surface area (Å²) in [5.41, 5.74) is 1.85. The Morgan fingerprint density at radius 2 is 1.67 bits per heavy atom. The van der Waals surface area contributed by atoms with E-state index in [-0.39, 0.29) is 24.6 Å². The summed E-state index contributed by atoms with van der Waals surface area (Å²) >= 11 is 6.00. The highest BCUT2D eigenvalue weighted by Crippen LogP contribution is 2.21. The zero-order chi connectivity index (χ0) is 24.2. The molecule has 3 aromatic carbocycles. The van der Waals surface area contributed by atoms with Gasteiger partial charge in [0.25, 0.3) is 5.91 Å². The van der Waals surface area contributed by atoms with E-state index in [1.165, 1.54) is 6.07 Å². The minimum absolute atomic E-state index is 0.0639. The van der Waals surface area contributed by atoms with Gasteiger partial charge in [-0.15, -0.1) is 0 Å². The lowest BCUT2D eigenvalue weighted by Gasteiger charge is -2.19. The van der Waals surface area contributed by atoms with Gasteiger partial charge < -0.3 is 20.7 Å². The summed E-state index contributed by atoms with van der Waals surface area (Å²) in [4.78, 5) is 24.4. The summed E-state index contributed by atoms with van der Waals surface area (Å²) in [5, 5.41) is 23.4. The van der Waals surface area contributed by atoms with Gasteiger partial charge in [-0.05, 0) is 48.4 Å². The monoisotopic (exact) mass is 470 g/mol. The number of benzene rings is 3. The Morgan fingerprint density at radius 1 is 1.00 bits per heavy atom. The molecule has 9 heteroatoms. The Hall–Kier alpha value is -3.20. The number of carbonyl (C=O) groups excluding carboxylic acids is 2. The van der Waals surface area contributed by atoms with Gasteiger partial charge in [-0.25, -0.2) is 4.39 Å². The molecule has 6 nitrogen and oxygen atoms in total. The minimum atomic E-state index is -1.63. The second-order valence-electron chi connectivity index (χ2n) is 7.19. The lowest BCUT2D eigenvalue weighted by atomic mass is 9.92. The third-order valence-electron chi connectivity index (χ3n) is 4.54. The number of hydrogen-bond donors (Lipinski definition) is 4. The third kappa shape index (κ3) is 9.45. The van der Waals surface area contributed by atoms with Crippen LogP contribution in [0.1, 0.15) is 33.9 Å². The number of carbonyl (C=O) groups is 2. The van der Waals surface area contributed by atoms with Crippen LogP contribution in [-0.4, -0.2) is 35.4 Å². The molecule has 0 aliphatic rings. The number of amides is 2. The molecule has 1 atom stereocenters. The smallest absolute Gasteiger partial charge is 0.426 e. The normalized spacial score (nSPS) is 10.9. The Morgan fingerprint density at radius 3 is 2.24 bits per heavy atom. The van der Waals surface area contributed by atoms with Crippen LogP contribution in [0.15, 0.2) is 78.9 Å². The average Bonchev–Trinajstić information content (AvgIpc) is 2.80. The Labute approximate surface area is 197 Å². The Bertz CT molecular complexity index is 1030. The van der Waals surface area contributed by atoms with Crippen molar-refractivity contribution in [1.29, 1.82) is 0 Å². The van der Waals surface area contributed by atoms with Crippen LogP contribution < -0.4 is 10.6 Å². The largest absolute Gasteiger partial charge is 0.472 e. The second kappa shape index (κ2) is 13.4. The summed E-state index contributed by atoms with van der Waals surface area (Å²) in [5.74, 6) is -0.875. The van der Waals surface area contributed by atoms with E-state index in [4.69, 9.17) is 21.6 Å². The lowest BCUT2D eigenvalue weighted by molar-refractivity contribution is -0.121. The number of aryl methyl sites for hydroxylation is 1. The quantitative estimate of drug-likeness (QED) is 0.397. The highest BCUT2D eigenvalue weighted by Gasteiger charge is 2.20. The van der Waals surface area contributed by atoms with Gasteiger partial charge in [0.15, 0.2) is 0 Å². The SMILES string of the molecule is Cc1ccccc1F.O=C(CC(NC(=O)c1ccccc1)c1cccc(Cl)c1)NCB(O)O. The zero-order valence-corrected chi connectivity index (χ0v) is 18.8. The first-order valence-electron chi connectivity index (χ1n) is 10.2. The minimum Gasteiger partial charge on any atom is -0.426 e. The predicted octanol–water partition coefficient (Wildman–Crippen LogP) is 3.46. The first-order chi connectivity index (χ1) is 15.8. The van der Waals surface area contributed by atoms with E-state index in [0.717, 1.165) is 0 Å². The molecule has 2 amide bonds. The molecule has 0 fully saturated rings. The maximum atomic E-state index is 12.4. The van der Waals surface area contributed by atoms with Crippen molar-refractivity contribution in [2.24, 2.45) is 0 Å². The molecule has 0 spiro atoms. The molecule has 0 heterocycles. The summed E-state index contributed by atoms with van der Waals surface area (Å²) in [7, 11) is -1.63. The number of hydrogen-bond acceptors (Lipinski definition) is 4. The molecule has 4 N–H and O–H groups in total. The highest BCUT2D eigenvalue weighted by molar-refractivity contribution is 6.41. The van der Waals surface area contributed by atoms with Crippen molar-refractivity contribution in [3.8, 4) is 0 Å². The summed E-state index contributed by atoms with van der Waals surface area (Å²) in [6.07, 6.45) is -0.348. The van der Waals surface area contributed by atoms with Gasteiger partial charge in [0.05, 0.1) is 18.9 Å². The van der Waals surface area contributed by atoms with Crippen molar-refractivity contribution in [2.75, 3.05) is 6.44 Å². The molecule has 1 unspecified atom stereocenters. The van der Waals surface area contributed by atoms with Crippen molar-refractivity contribution >= 4 is 30.5 Å². The van der Waals surface area contributed by atoms with E-state index in [2.05, 4.69) is 10.6 Å². The molecule has 0 bridgehead atoms. The van der Waals surface area contributed by atoms with Crippen LogP contribution in [0.5, 0.6) is 0 Å². The molecule has 172 valence electrons. The standard InChI is InChI=1S/C17H18BClN2O4.C7H7F/c19-14-8-4-7-13(9-14)15(10-16(22)20-11-18(24)25)21-17(23)12-5-2-1-3-6-12;1-6-4-2-3-5-7(6)8/h1-9,15,24-25H,10-11H2,(H,20,22)(H,21,23);2-5H,1H3. The fraction of sp³-hybridized carbons (Fsp3) is 0.167. The molecule has 0 aliphatic carbocycles. The fourth-order valence-electron chi connectivity index (χ4n) is 2.82. The topological polar surface area (TPSA) is 98.7 Å². The molecule has 0 aromatic heterocycles. The molecule has 3 rings (SSSR count). The van der Waals surface area contributed by atoms with Crippen LogP contribution in [0.4, 0.5) is 4.39 Å². The molecule has 33 heavy (non-hydrogen) atoms. The van der Waals surface area contributed by atoms with Crippen LogP contribution in [0.25, 0.3) is 0 Å². The van der Waals surface area contributed by atoms with Crippen LogP contribution >= 0.6 is 11.6 Å². The van der Waals surface area contributed by atoms with Gasteiger partial charge >= 0.3 is 7.12 Å². The average molecular weight is 471 g/mol. The highest BCUT2D eigenvalue weighted by atomic mass is 35.5. The van der Waals surface area contributed by atoms with Crippen LogP contribution in [0.2, 0.25) is 5.02 Å². The molecule has 3 aromatic rings. The Kier molecular flexibility index (Phi) is 10.6. The summed E-state index contributed by atoms with van der Waals surface area (Å²) < 4.78 is 12.3. The van der Waals surface area contributed by atoms with E-state index in [9.17, 15) is 14.0 Å². The first kappa shape index (κ1) is 26.1. The third-order valence-corrected chi connectivity index (χ3v) is 4.78. The molecule has 0 saturated heterocycles. The van der Waals surface area contributed by atoms with Crippen molar-refractivity contribution in [3.63, 3.8) is 0 Å².